The Morgan fingerprint density at radius 1 is 0.302 bits per heavy atom. The van der Waals surface area contributed by atoms with Gasteiger partial charge < -0.3 is 42.6 Å². The van der Waals surface area contributed by atoms with Crippen molar-refractivity contribution in [1.29, 1.82) is 0 Å². The number of hydrogen-bond donors (Lipinski definition) is 0. The van der Waals surface area contributed by atoms with E-state index in [0.29, 0.717) is 62.6 Å². The first-order valence-corrected chi connectivity index (χ1v) is 14.2. The quantitative estimate of drug-likeness (QED) is 0.0814. The normalized spacial score (nSPS) is 11.0. The van der Waals surface area contributed by atoms with Crippen molar-refractivity contribution < 1.29 is 42.6 Å². The van der Waals surface area contributed by atoms with Gasteiger partial charge in [0.05, 0.1) is 52.9 Å². The summed E-state index contributed by atoms with van der Waals surface area (Å²) >= 11 is 0. The van der Waals surface area contributed by atoms with Crippen LogP contribution in [0.25, 0.3) is 0 Å². The molecular weight excluding hydrogens is 552 g/mol. The highest BCUT2D eigenvalue weighted by Gasteiger charge is 2.14. The Bertz CT molecular complexity index is 1030. The lowest BCUT2D eigenvalue weighted by molar-refractivity contribution is -0.205. The first-order valence-electron chi connectivity index (χ1n) is 14.2. The molecule has 0 aromatic heterocycles. The maximum atomic E-state index is 5.82. The van der Waals surface area contributed by atoms with Gasteiger partial charge in [0.2, 0.25) is 0 Å². The molecule has 0 saturated heterocycles. The van der Waals surface area contributed by atoms with E-state index in [4.69, 9.17) is 42.6 Å². The molecule has 0 unspecified atom stereocenters. The van der Waals surface area contributed by atoms with Crippen LogP contribution in [0.2, 0.25) is 0 Å². The Morgan fingerprint density at radius 2 is 0.535 bits per heavy atom. The second-order valence-corrected chi connectivity index (χ2v) is 8.88. The monoisotopic (exact) mass is 590 g/mol. The molecule has 0 radical (unpaired) electrons. The largest absolute Gasteiger partial charge is 0.432 e. The lowest BCUT2D eigenvalue weighted by Gasteiger charge is -2.20. The van der Waals surface area contributed by atoms with Gasteiger partial charge in [0.1, 0.15) is 23.0 Å². The summed E-state index contributed by atoms with van der Waals surface area (Å²) in [6.07, 6.45) is 0. The smallest absolute Gasteiger partial charge is 0.360 e. The molecule has 9 nitrogen and oxygen atoms in total. The van der Waals surface area contributed by atoms with E-state index < -0.39 is 13.0 Å². The predicted molar refractivity (Wildman–Crippen MR) is 160 cm³/mol. The summed E-state index contributed by atoms with van der Waals surface area (Å²) in [5, 5.41) is 0. The molecule has 0 atom stereocenters. The van der Waals surface area contributed by atoms with E-state index in [9.17, 15) is 0 Å². The van der Waals surface area contributed by atoms with Gasteiger partial charge in [0.25, 0.3) is 0 Å². The summed E-state index contributed by atoms with van der Waals surface area (Å²) < 4.78 is 51.6. The van der Waals surface area contributed by atoms with Gasteiger partial charge in [-0.2, -0.15) is 0 Å². The molecule has 9 heteroatoms. The minimum absolute atomic E-state index is 0.288. The number of para-hydroxylation sites is 4. The zero-order valence-electron chi connectivity index (χ0n) is 24.0. The van der Waals surface area contributed by atoms with Crippen molar-refractivity contribution >= 4 is 0 Å². The van der Waals surface area contributed by atoms with Gasteiger partial charge >= 0.3 is 13.0 Å². The standard InChI is InChI=1S/C34H38O9/c1-5-13-29(14-6-1)40-33(41-30-15-7-2-8-16-30)38-27-25-36-23-21-35-22-24-37-26-28-39-34(42-31-17-9-3-10-18-31)43-32-19-11-4-12-20-32/h1-20,33-34H,21-28H2. The van der Waals surface area contributed by atoms with E-state index in [1.54, 1.807) is 0 Å². The van der Waals surface area contributed by atoms with E-state index in [1.807, 2.05) is 121 Å². The van der Waals surface area contributed by atoms with Crippen LogP contribution in [0.3, 0.4) is 0 Å². The van der Waals surface area contributed by atoms with Crippen LogP contribution >= 0.6 is 0 Å². The maximum absolute atomic E-state index is 5.82. The van der Waals surface area contributed by atoms with Crippen LogP contribution in [0.1, 0.15) is 0 Å². The summed E-state index contributed by atoms with van der Waals surface area (Å²) in [5.41, 5.74) is 0. The fourth-order valence-electron chi connectivity index (χ4n) is 3.57. The SMILES string of the molecule is c1ccc(OC(OCCOCCOCCOCCOC(Oc2ccccc2)Oc2ccccc2)Oc2ccccc2)cc1. The van der Waals surface area contributed by atoms with E-state index in [1.165, 1.54) is 0 Å². The molecule has 0 saturated carbocycles. The third-order valence-corrected chi connectivity index (χ3v) is 5.61. The Hall–Kier alpha value is -4.12. The fourth-order valence-corrected chi connectivity index (χ4v) is 3.57. The molecule has 43 heavy (non-hydrogen) atoms. The van der Waals surface area contributed by atoms with Crippen molar-refractivity contribution in [2.45, 2.75) is 13.0 Å². The summed E-state index contributed by atoms with van der Waals surface area (Å²) in [5.74, 6) is 2.58. The zero-order chi connectivity index (χ0) is 29.6. The van der Waals surface area contributed by atoms with Crippen LogP contribution in [-0.4, -0.2) is 65.8 Å². The highest BCUT2D eigenvalue weighted by atomic mass is 16.9. The summed E-state index contributed by atoms with van der Waals surface area (Å²) in [6.45, 7) is 1.20. The van der Waals surface area contributed by atoms with E-state index in [2.05, 4.69) is 0 Å². The first kappa shape index (κ1) is 31.8. The van der Waals surface area contributed by atoms with Gasteiger partial charge in [0, 0.05) is 0 Å². The molecule has 0 heterocycles. The molecule has 4 rings (SSSR count). The molecule has 228 valence electrons. The molecule has 4 aromatic rings. The van der Waals surface area contributed by atoms with Gasteiger partial charge in [-0.3, -0.25) is 0 Å². The second-order valence-electron chi connectivity index (χ2n) is 8.88. The molecule has 0 aliphatic rings. The van der Waals surface area contributed by atoms with Crippen molar-refractivity contribution in [3.05, 3.63) is 121 Å². The van der Waals surface area contributed by atoms with E-state index in [-0.39, 0.29) is 13.2 Å². The van der Waals surface area contributed by atoms with E-state index in [0.717, 1.165) is 0 Å². The number of rotatable bonds is 22. The molecule has 0 amide bonds. The average molecular weight is 591 g/mol. The Balaban J connectivity index is 1.02. The minimum Gasteiger partial charge on any atom is -0.432 e. The molecule has 4 aromatic carbocycles. The van der Waals surface area contributed by atoms with Crippen LogP contribution in [0.15, 0.2) is 121 Å². The van der Waals surface area contributed by atoms with Gasteiger partial charge in [-0.25, -0.2) is 0 Å². The minimum atomic E-state index is -0.907. The maximum Gasteiger partial charge on any atom is 0.360 e. The highest BCUT2D eigenvalue weighted by Crippen LogP contribution is 2.18. The van der Waals surface area contributed by atoms with Crippen molar-refractivity contribution in [2.75, 3.05) is 52.9 Å². The van der Waals surface area contributed by atoms with Crippen LogP contribution in [-0.2, 0) is 23.7 Å². The lowest BCUT2D eigenvalue weighted by atomic mass is 10.3. The van der Waals surface area contributed by atoms with Gasteiger partial charge in [0.15, 0.2) is 0 Å². The Morgan fingerprint density at radius 3 is 0.791 bits per heavy atom. The van der Waals surface area contributed by atoms with Crippen LogP contribution < -0.4 is 18.9 Å². The van der Waals surface area contributed by atoms with Gasteiger partial charge in [-0.15, -0.1) is 0 Å². The van der Waals surface area contributed by atoms with Gasteiger partial charge in [-0.1, -0.05) is 72.8 Å². The summed E-state index contributed by atoms with van der Waals surface area (Å²) in [4.78, 5) is 0. The summed E-state index contributed by atoms with van der Waals surface area (Å²) in [7, 11) is 0. The molecule has 0 aliphatic carbocycles. The predicted octanol–water partition coefficient (Wildman–Crippen LogP) is 5.95. The molecule has 0 bridgehead atoms. The highest BCUT2D eigenvalue weighted by molar-refractivity contribution is 5.24. The third kappa shape index (κ3) is 13.6. The summed E-state index contributed by atoms with van der Waals surface area (Å²) in [6, 6.07) is 37.5. The van der Waals surface area contributed by atoms with Gasteiger partial charge in [-0.05, 0) is 48.5 Å². The zero-order valence-corrected chi connectivity index (χ0v) is 24.0. The van der Waals surface area contributed by atoms with Crippen molar-refractivity contribution in [3.63, 3.8) is 0 Å². The van der Waals surface area contributed by atoms with Crippen molar-refractivity contribution in [3.8, 4) is 23.0 Å². The Kier molecular flexibility index (Phi) is 14.7. The second kappa shape index (κ2) is 19.9. The number of hydrogen-bond acceptors (Lipinski definition) is 9. The van der Waals surface area contributed by atoms with Crippen LogP contribution in [0, 0.1) is 0 Å². The van der Waals surface area contributed by atoms with E-state index >= 15 is 0 Å². The molecule has 0 N–H and O–H groups in total. The molecular formula is C34H38O9. The topological polar surface area (TPSA) is 83.1 Å². The first-order chi connectivity index (χ1) is 21.3. The van der Waals surface area contributed by atoms with Crippen molar-refractivity contribution in [2.24, 2.45) is 0 Å². The fraction of sp³-hybridized carbons (Fsp3) is 0.294. The van der Waals surface area contributed by atoms with Crippen molar-refractivity contribution in [1.82, 2.24) is 0 Å². The van der Waals surface area contributed by atoms with Crippen LogP contribution in [0.4, 0.5) is 0 Å². The number of ether oxygens (including phenoxy) is 9. The molecule has 0 spiro atoms. The molecule has 0 aliphatic heterocycles. The lowest BCUT2D eigenvalue weighted by Crippen LogP contribution is -2.29. The third-order valence-electron chi connectivity index (χ3n) is 5.61. The number of benzene rings is 4. The van der Waals surface area contributed by atoms with Crippen LogP contribution in [0.5, 0.6) is 23.0 Å². The molecule has 0 fully saturated rings. The average Bonchev–Trinajstić information content (AvgIpc) is 3.05. The Labute approximate surface area is 252 Å².